The van der Waals surface area contributed by atoms with E-state index >= 15 is 0 Å². The van der Waals surface area contributed by atoms with Crippen molar-refractivity contribution in [3.8, 4) is 5.75 Å². The van der Waals surface area contributed by atoms with Crippen LogP contribution < -0.4 is 10.1 Å². The van der Waals surface area contributed by atoms with Crippen molar-refractivity contribution in [2.75, 3.05) is 25.2 Å². The third-order valence-electron chi connectivity index (χ3n) is 2.66. The minimum atomic E-state index is 0.359. The summed E-state index contributed by atoms with van der Waals surface area (Å²) in [6, 6.07) is 6.37. The van der Waals surface area contributed by atoms with E-state index in [9.17, 15) is 0 Å². The second-order valence-electron chi connectivity index (χ2n) is 4.08. The van der Waals surface area contributed by atoms with Crippen LogP contribution in [-0.2, 0) is 0 Å². The van der Waals surface area contributed by atoms with E-state index in [4.69, 9.17) is 16.3 Å². The number of nitrogens with one attached hydrogen (secondary N) is 1. The zero-order chi connectivity index (χ0) is 13.4. The fourth-order valence-electron chi connectivity index (χ4n) is 1.76. The molecule has 1 rings (SSSR count). The van der Waals surface area contributed by atoms with Crippen LogP contribution in [0.4, 0.5) is 0 Å². The summed E-state index contributed by atoms with van der Waals surface area (Å²) >= 11 is 8.03. The minimum Gasteiger partial charge on any atom is -0.495 e. The van der Waals surface area contributed by atoms with Crippen molar-refractivity contribution in [2.24, 2.45) is 0 Å². The third-order valence-corrected chi connectivity index (χ3v) is 4.24. The Hall–Kier alpha value is -0.380. The molecule has 0 radical (unpaired) electrons. The summed E-state index contributed by atoms with van der Waals surface area (Å²) in [5.41, 5.74) is 1.24. The third kappa shape index (κ3) is 4.71. The Morgan fingerprint density at radius 1 is 1.39 bits per heavy atom. The van der Waals surface area contributed by atoms with Crippen molar-refractivity contribution in [3.63, 3.8) is 0 Å². The number of halogens is 1. The fraction of sp³-hybridized carbons (Fsp3) is 0.571. The quantitative estimate of drug-likeness (QED) is 0.726. The molecule has 0 saturated heterocycles. The lowest BCUT2D eigenvalue weighted by atomic mass is 10.1. The summed E-state index contributed by atoms with van der Waals surface area (Å²) in [7, 11) is 1.65. The van der Waals surface area contributed by atoms with Gasteiger partial charge in [-0.25, -0.2) is 0 Å². The van der Waals surface area contributed by atoms with Gasteiger partial charge >= 0.3 is 0 Å². The molecule has 102 valence electrons. The van der Waals surface area contributed by atoms with Crippen LogP contribution in [0.1, 0.15) is 31.9 Å². The monoisotopic (exact) mass is 287 g/mol. The van der Waals surface area contributed by atoms with Gasteiger partial charge in [-0.05, 0) is 36.4 Å². The van der Waals surface area contributed by atoms with E-state index in [0.29, 0.717) is 11.1 Å². The van der Waals surface area contributed by atoms with Crippen molar-refractivity contribution >= 4 is 23.4 Å². The van der Waals surface area contributed by atoms with Crippen LogP contribution in [0.15, 0.2) is 18.2 Å². The summed E-state index contributed by atoms with van der Waals surface area (Å²) in [4.78, 5) is 0. The molecule has 1 atom stereocenters. The van der Waals surface area contributed by atoms with Gasteiger partial charge in [-0.15, -0.1) is 0 Å². The zero-order valence-corrected chi connectivity index (χ0v) is 12.9. The zero-order valence-electron chi connectivity index (χ0n) is 11.3. The normalized spacial score (nSPS) is 12.4. The van der Waals surface area contributed by atoms with Gasteiger partial charge in [0.15, 0.2) is 0 Å². The number of thioether (sulfide) groups is 1. The first kappa shape index (κ1) is 15.7. The van der Waals surface area contributed by atoms with Crippen LogP contribution in [0.5, 0.6) is 5.75 Å². The van der Waals surface area contributed by atoms with Crippen LogP contribution in [0.25, 0.3) is 0 Å². The second kappa shape index (κ2) is 8.68. The van der Waals surface area contributed by atoms with Crippen LogP contribution in [0, 0.1) is 0 Å². The standard InChI is InChI=1S/C14H22ClNOS/c1-4-8-18-10-13(16-5-2)11-6-7-12(15)14(9-11)17-3/h6-7,9,13,16H,4-5,8,10H2,1-3H3. The Bertz CT molecular complexity index is 360. The number of benzene rings is 1. The molecule has 2 nitrogen and oxygen atoms in total. The molecule has 4 heteroatoms. The van der Waals surface area contributed by atoms with Crippen LogP contribution >= 0.6 is 23.4 Å². The van der Waals surface area contributed by atoms with Gasteiger partial charge in [0, 0.05) is 11.8 Å². The van der Waals surface area contributed by atoms with E-state index in [-0.39, 0.29) is 0 Å². The number of rotatable bonds is 8. The number of methoxy groups -OCH3 is 1. The lowest BCUT2D eigenvalue weighted by Crippen LogP contribution is -2.23. The highest BCUT2D eigenvalue weighted by molar-refractivity contribution is 7.99. The molecule has 0 fully saturated rings. The largest absolute Gasteiger partial charge is 0.495 e. The molecule has 0 heterocycles. The van der Waals surface area contributed by atoms with E-state index in [2.05, 4.69) is 25.2 Å². The van der Waals surface area contributed by atoms with E-state index < -0.39 is 0 Å². The smallest absolute Gasteiger partial charge is 0.137 e. The molecule has 0 aliphatic rings. The topological polar surface area (TPSA) is 21.3 Å². The van der Waals surface area contributed by atoms with Gasteiger partial charge in [0.25, 0.3) is 0 Å². The molecule has 0 aliphatic carbocycles. The summed E-state index contributed by atoms with van der Waals surface area (Å²) in [6.07, 6.45) is 1.22. The Morgan fingerprint density at radius 3 is 2.78 bits per heavy atom. The van der Waals surface area contributed by atoms with E-state index in [1.807, 2.05) is 23.9 Å². The van der Waals surface area contributed by atoms with Gasteiger partial charge in [0.2, 0.25) is 0 Å². The summed E-state index contributed by atoms with van der Waals surface area (Å²) in [6.45, 7) is 5.30. The molecule has 18 heavy (non-hydrogen) atoms. The minimum absolute atomic E-state index is 0.359. The maximum Gasteiger partial charge on any atom is 0.137 e. The average molecular weight is 288 g/mol. The molecule has 0 spiro atoms. The van der Waals surface area contributed by atoms with Gasteiger partial charge in [-0.2, -0.15) is 11.8 Å². The number of hydrogen-bond acceptors (Lipinski definition) is 3. The van der Waals surface area contributed by atoms with Crippen LogP contribution in [0.3, 0.4) is 0 Å². The SMILES string of the molecule is CCCSCC(NCC)c1ccc(Cl)c(OC)c1. The van der Waals surface area contributed by atoms with Gasteiger partial charge in [-0.1, -0.05) is 31.5 Å². The van der Waals surface area contributed by atoms with Crippen LogP contribution in [-0.4, -0.2) is 25.2 Å². The maximum absolute atomic E-state index is 6.05. The molecular weight excluding hydrogens is 266 g/mol. The van der Waals surface area contributed by atoms with E-state index in [0.717, 1.165) is 18.0 Å². The van der Waals surface area contributed by atoms with Crippen molar-refractivity contribution in [2.45, 2.75) is 26.3 Å². The summed E-state index contributed by atoms with van der Waals surface area (Å²) in [5, 5.41) is 4.17. The molecule has 0 aliphatic heterocycles. The molecule has 0 aromatic heterocycles. The molecule has 1 N–H and O–H groups in total. The van der Waals surface area contributed by atoms with Gasteiger partial charge in [0.1, 0.15) is 5.75 Å². The maximum atomic E-state index is 6.05. The first-order valence-electron chi connectivity index (χ1n) is 6.37. The van der Waals surface area contributed by atoms with Crippen molar-refractivity contribution < 1.29 is 4.74 Å². The fourth-order valence-corrected chi connectivity index (χ4v) is 2.95. The predicted molar refractivity (Wildman–Crippen MR) is 82.0 cm³/mol. The van der Waals surface area contributed by atoms with Crippen molar-refractivity contribution in [1.82, 2.24) is 5.32 Å². The average Bonchev–Trinajstić information content (AvgIpc) is 2.39. The second-order valence-corrected chi connectivity index (χ2v) is 5.64. The van der Waals surface area contributed by atoms with Gasteiger partial charge in [0.05, 0.1) is 12.1 Å². The highest BCUT2D eigenvalue weighted by Gasteiger charge is 2.12. The Labute approximate surface area is 119 Å². The molecule has 0 saturated carbocycles. The molecule has 0 amide bonds. The van der Waals surface area contributed by atoms with Crippen molar-refractivity contribution in [1.29, 1.82) is 0 Å². The van der Waals surface area contributed by atoms with Gasteiger partial charge in [-0.3, -0.25) is 0 Å². The summed E-state index contributed by atoms with van der Waals surface area (Å²) < 4.78 is 5.27. The Balaban J connectivity index is 2.77. The highest BCUT2D eigenvalue weighted by Crippen LogP contribution is 2.29. The molecule has 1 unspecified atom stereocenters. The molecule has 1 aromatic rings. The highest BCUT2D eigenvalue weighted by atomic mass is 35.5. The van der Waals surface area contributed by atoms with Crippen LogP contribution in [0.2, 0.25) is 5.02 Å². The van der Waals surface area contributed by atoms with E-state index in [1.165, 1.54) is 17.7 Å². The molecule has 1 aromatic carbocycles. The Morgan fingerprint density at radius 2 is 2.17 bits per heavy atom. The molecular formula is C14H22ClNOS. The number of ether oxygens (including phenoxy) is 1. The first-order valence-corrected chi connectivity index (χ1v) is 7.90. The first-order chi connectivity index (χ1) is 8.72. The predicted octanol–water partition coefficient (Wildman–Crippen LogP) is 4.14. The van der Waals surface area contributed by atoms with Crippen molar-refractivity contribution in [3.05, 3.63) is 28.8 Å². The summed E-state index contributed by atoms with van der Waals surface area (Å²) in [5.74, 6) is 3.02. The van der Waals surface area contributed by atoms with E-state index in [1.54, 1.807) is 7.11 Å². The van der Waals surface area contributed by atoms with Gasteiger partial charge < -0.3 is 10.1 Å². The Kier molecular flexibility index (Phi) is 7.56. The lowest BCUT2D eigenvalue weighted by Gasteiger charge is -2.19. The molecule has 0 bridgehead atoms. The lowest BCUT2D eigenvalue weighted by molar-refractivity contribution is 0.413. The number of hydrogen-bond donors (Lipinski definition) is 1.